The van der Waals surface area contributed by atoms with Crippen LogP contribution in [0, 0.1) is 0 Å². The molecule has 2 heterocycles. The molecule has 0 radical (unpaired) electrons. The van der Waals surface area contributed by atoms with Gasteiger partial charge in [0.15, 0.2) is 0 Å². The minimum absolute atomic E-state index is 0.110. The van der Waals surface area contributed by atoms with Gasteiger partial charge in [0.1, 0.15) is 11.5 Å². The molecule has 0 unspecified atom stereocenters. The van der Waals surface area contributed by atoms with E-state index >= 15 is 0 Å². The van der Waals surface area contributed by atoms with Crippen molar-refractivity contribution in [2.45, 2.75) is 20.0 Å². The number of nitrogens with zero attached hydrogens (tertiary/aromatic N) is 1. The molecular weight excluding hydrogens is 284 g/mol. The summed E-state index contributed by atoms with van der Waals surface area (Å²) in [5, 5.41) is 11.9. The van der Waals surface area contributed by atoms with E-state index in [-0.39, 0.29) is 18.2 Å². The summed E-state index contributed by atoms with van der Waals surface area (Å²) in [7, 11) is 0. The van der Waals surface area contributed by atoms with Crippen LogP contribution in [0.3, 0.4) is 0 Å². The highest BCUT2D eigenvalue weighted by molar-refractivity contribution is 6.31. The molecule has 20 heavy (non-hydrogen) atoms. The zero-order chi connectivity index (χ0) is 14.7. The molecule has 0 saturated heterocycles. The van der Waals surface area contributed by atoms with Crippen LogP contribution in [0.25, 0.3) is 0 Å². The Morgan fingerprint density at radius 1 is 1.45 bits per heavy atom. The van der Waals surface area contributed by atoms with Crippen molar-refractivity contribution in [3.8, 4) is 0 Å². The Labute approximate surface area is 119 Å². The molecule has 0 aliphatic rings. The van der Waals surface area contributed by atoms with Crippen LogP contribution in [0.5, 0.6) is 0 Å². The van der Waals surface area contributed by atoms with Crippen molar-refractivity contribution in [3.63, 3.8) is 0 Å². The lowest BCUT2D eigenvalue weighted by Crippen LogP contribution is -2.25. The Balaban J connectivity index is 2.02. The number of hydrogen-bond acceptors (Lipinski definition) is 3. The van der Waals surface area contributed by atoms with Gasteiger partial charge in [-0.3, -0.25) is 4.79 Å². The van der Waals surface area contributed by atoms with Gasteiger partial charge in [0.25, 0.3) is 5.91 Å². The number of nitrogens with one attached hydrogen (secondary N) is 1. The second-order valence-electron chi connectivity index (χ2n) is 4.08. The number of carbonyl (C=O) groups is 2. The van der Waals surface area contributed by atoms with E-state index in [1.54, 1.807) is 16.8 Å². The topological polar surface area (TPSA) is 84.5 Å². The van der Waals surface area contributed by atoms with Crippen LogP contribution >= 0.6 is 11.6 Å². The van der Waals surface area contributed by atoms with Crippen LogP contribution in [-0.2, 0) is 13.1 Å². The second kappa shape index (κ2) is 5.83. The smallest absolute Gasteiger partial charge is 0.371 e. The molecule has 2 aromatic rings. The number of hydrogen-bond donors (Lipinski definition) is 2. The predicted octanol–water partition coefficient (Wildman–Crippen LogP) is 2.38. The van der Waals surface area contributed by atoms with Gasteiger partial charge < -0.3 is 19.4 Å². The number of furan rings is 1. The third-order valence-electron chi connectivity index (χ3n) is 2.73. The van der Waals surface area contributed by atoms with E-state index < -0.39 is 5.97 Å². The normalized spacial score (nSPS) is 10.5. The predicted molar refractivity (Wildman–Crippen MR) is 72.0 cm³/mol. The Hall–Kier alpha value is -2.21. The summed E-state index contributed by atoms with van der Waals surface area (Å²) < 4.78 is 6.77. The van der Waals surface area contributed by atoms with Gasteiger partial charge in [0.2, 0.25) is 5.76 Å². The summed E-state index contributed by atoms with van der Waals surface area (Å²) in [5.74, 6) is -1.23. The first-order valence-corrected chi connectivity index (χ1v) is 6.35. The summed E-state index contributed by atoms with van der Waals surface area (Å²) in [6.07, 6.45) is 1.67. The van der Waals surface area contributed by atoms with Crippen molar-refractivity contribution in [2.24, 2.45) is 0 Å². The van der Waals surface area contributed by atoms with Gasteiger partial charge in [-0.15, -0.1) is 0 Å². The van der Waals surface area contributed by atoms with Gasteiger partial charge >= 0.3 is 5.97 Å². The number of aryl methyl sites for hydroxylation is 1. The number of aromatic nitrogens is 1. The number of carboxylic acid groups (broad SMARTS) is 1. The number of carbonyl (C=O) groups excluding carboxylic acids is 1. The lowest BCUT2D eigenvalue weighted by atomic mass is 10.3. The van der Waals surface area contributed by atoms with Crippen LogP contribution in [0.2, 0.25) is 5.02 Å². The highest BCUT2D eigenvalue weighted by Crippen LogP contribution is 2.14. The van der Waals surface area contributed by atoms with Crippen LogP contribution in [0.1, 0.15) is 33.7 Å². The van der Waals surface area contributed by atoms with E-state index in [2.05, 4.69) is 5.32 Å². The Bertz CT molecular complexity index is 645. The van der Waals surface area contributed by atoms with Gasteiger partial charge in [0.05, 0.1) is 11.6 Å². The molecule has 0 fully saturated rings. The summed E-state index contributed by atoms with van der Waals surface area (Å²) in [4.78, 5) is 22.7. The summed E-state index contributed by atoms with van der Waals surface area (Å²) in [6.45, 7) is 2.64. The van der Waals surface area contributed by atoms with Crippen LogP contribution in [-0.4, -0.2) is 21.6 Å². The van der Waals surface area contributed by atoms with Crippen LogP contribution < -0.4 is 5.32 Å². The third-order valence-corrected chi connectivity index (χ3v) is 2.94. The lowest BCUT2D eigenvalue weighted by Gasteiger charge is -2.06. The largest absolute Gasteiger partial charge is 0.475 e. The number of halogens is 1. The fourth-order valence-corrected chi connectivity index (χ4v) is 1.99. The van der Waals surface area contributed by atoms with E-state index in [0.717, 1.165) is 0 Å². The van der Waals surface area contributed by atoms with E-state index in [0.29, 0.717) is 23.0 Å². The molecule has 0 aromatic carbocycles. The molecule has 2 N–H and O–H groups in total. The molecule has 0 aliphatic carbocycles. The monoisotopic (exact) mass is 296 g/mol. The van der Waals surface area contributed by atoms with Crippen molar-refractivity contribution in [1.29, 1.82) is 0 Å². The molecule has 6 nitrogen and oxygen atoms in total. The van der Waals surface area contributed by atoms with Crippen LogP contribution in [0.15, 0.2) is 28.8 Å². The highest BCUT2D eigenvalue weighted by Gasteiger charge is 2.14. The third kappa shape index (κ3) is 3.03. The van der Waals surface area contributed by atoms with Crippen molar-refractivity contribution < 1.29 is 19.1 Å². The molecule has 2 aromatic heterocycles. The van der Waals surface area contributed by atoms with Gasteiger partial charge in [-0.05, 0) is 25.1 Å². The maximum Gasteiger partial charge on any atom is 0.371 e. The Morgan fingerprint density at radius 3 is 2.80 bits per heavy atom. The first kappa shape index (κ1) is 14.2. The van der Waals surface area contributed by atoms with Crippen molar-refractivity contribution in [3.05, 3.63) is 46.6 Å². The first-order chi connectivity index (χ1) is 9.51. The molecule has 106 valence electrons. The standard InChI is InChI=1S/C13H13ClN2O4/c1-2-16-7-8(14)5-10(16)12(17)15-6-9-3-4-11(20-9)13(18)19/h3-5,7H,2,6H2,1H3,(H,15,17)(H,18,19). The fraction of sp³-hybridized carbons (Fsp3) is 0.231. The van der Waals surface area contributed by atoms with Gasteiger partial charge in [0, 0.05) is 12.7 Å². The lowest BCUT2D eigenvalue weighted by molar-refractivity contribution is 0.0660. The van der Waals surface area contributed by atoms with Gasteiger partial charge in [-0.2, -0.15) is 0 Å². The average molecular weight is 297 g/mol. The second-order valence-corrected chi connectivity index (χ2v) is 4.52. The van der Waals surface area contributed by atoms with Crippen molar-refractivity contribution in [2.75, 3.05) is 0 Å². The average Bonchev–Trinajstić information content (AvgIpc) is 3.02. The molecule has 0 aliphatic heterocycles. The maximum absolute atomic E-state index is 12.0. The van der Waals surface area contributed by atoms with E-state index in [9.17, 15) is 9.59 Å². The quantitative estimate of drug-likeness (QED) is 0.887. The maximum atomic E-state index is 12.0. The summed E-state index contributed by atoms with van der Waals surface area (Å²) >= 11 is 5.86. The highest BCUT2D eigenvalue weighted by atomic mass is 35.5. The van der Waals surface area contributed by atoms with Gasteiger partial charge in [-0.25, -0.2) is 4.79 Å². The number of rotatable bonds is 5. The zero-order valence-electron chi connectivity index (χ0n) is 10.7. The van der Waals surface area contributed by atoms with E-state index in [1.807, 2.05) is 6.92 Å². The fourth-order valence-electron chi connectivity index (χ4n) is 1.77. The number of aromatic carboxylic acids is 1. The number of carboxylic acids is 1. The SMILES string of the molecule is CCn1cc(Cl)cc1C(=O)NCc1ccc(C(=O)O)o1. The molecular formula is C13H13ClN2O4. The minimum atomic E-state index is -1.14. The zero-order valence-corrected chi connectivity index (χ0v) is 11.5. The van der Waals surface area contributed by atoms with Crippen molar-refractivity contribution >= 4 is 23.5 Å². The molecule has 7 heteroatoms. The van der Waals surface area contributed by atoms with E-state index in [4.69, 9.17) is 21.1 Å². The molecule has 0 saturated carbocycles. The molecule has 1 amide bonds. The molecule has 0 atom stereocenters. The molecule has 0 bridgehead atoms. The van der Waals surface area contributed by atoms with Gasteiger partial charge in [-0.1, -0.05) is 11.6 Å². The summed E-state index contributed by atoms with van der Waals surface area (Å²) in [6, 6.07) is 4.43. The number of amides is 1. The molecule has 0 spiro atoms. The first-order valence-electron chi connectivity index (χ1n) is 5.97. The minimum Gasteiger partial charge on any atom is -0.475 e. The summed E-state index contributed by atoms with van der Waals surface area (Å²) in [5.41, 5.74) is 0.447. The van der Waals surface area contributed by atoms with Crippen molar-refractivity contribution in [1.82, 2.24) is 9.88 Å². The Morgan fingerprint density at radius 2 is 2.20 bits per heavy atom. The molecule has 2 rings (SSSR count). The van der Waals surface area contributed by atoms with E-state index in [1.165, 1.54) is 12.1 Å². The Kier molecular flexibility index (Phi) is 4.14. The van der Waals surface area contributed by atoms with Crippen LogP contribution in [0.4, 0.5) is 0 Å².